The highest BCUT2D eigenvalue weighted by atomic mass is 79.9. The summed E-state index contributed by atoms with van der Waals surface area (Å²) in [5.74, 6) is -0.662. The van der Waals surface area contributed by atoms with Crippen LogP contribution in [0.3, 0.4) is 0 Å². The van der Waals surface area contributed by atoms with Crippen molar-refractivity contribution in [2.24, 2.45) is 5.73 Å². The summed E-state index contributed by atoms with van der Waals surface area (Å²) >= 11 is 3.34. The van der Waals surface area contributed by atoms with Gasteiger partial charge in [-0.1, -0.05) is 28.1 Å². The van der Waals surface area contributed by atoms with Crippen LogP contribution in [0.2, 0.25) is 0 Å². The summed E-state index contributed by atoms with van der Waals surface area (Å²) in [6.07, 6.45) is 0.0845. The van der Waals surface area contributed by atoms with Crippen molar-refractivity contribution in [1.82, 2.24) is 5.32 Å². The maximum absolute atomic E-state index is 11.5. The molecule has 0 aromatic heterocycles. The number of amides is 1. The molecule has 0 bridgehead atoms. The van der Waals surface area contributed by atoms with Crippen molar-refractivity contribution in [3.05, 3.63) is 34.3 Å². The van der Waals surface area contributed by atoms with Crippen LogP contribution in [0.25, 0.3) is 0 Å². The Bertz CT molecular complexity index is 434. The average Bonchev–Trinajstić information content (AvgIpc) is 2.39. The minimum atomic E-state index is -0.428. The van der Waals surface area contributed by atoms with Gasteiger partial charge in [-0.15, -0.1) is 0 Å². The third kappa shape index (κ3) is 5.40. The first-order valence-corrected chi connectivity index (χ1v) is 6.76. The quantitative estimate of drug-likeness (QED) is 0.776. The normalized spacial score (nSPS) is 11.7. The molecule has 1 rings (SSSR count). The van der Waals surface area contributed by atoms with Crippen molar-refractivity contribution in [1.29, 1.82) is 0 Å². The molecule has 0 spiro atoms. The number of halogens is 1. The van der Waals surface area contributed by atoms with Crippen molar-refractivity contribution >= 4 is 27.8 Å². The fourth-order valence-electron chi connectivity index (χ4n) is 1.59. The van der Waals surface area contributed by atoms with Crippen LogP contribution in [-0.2, 0) is 14.3 Å². The predicted octanol–water partition coefficient (Wildman–Crippen LogP) is 1.52. The van der Waals surface area contributed by atoms with Crippen LogP contribution in [0.5, 0.6) is 0 Å². The monoisotopic (exact) mass is 328 g/mol. The summed E-state index contributed by atoms with van der Waals surface area (Å²) in [5, 5.41) is 2.71. The minimum Gasteiger partial charge on any atom is -0.466 e. The molecule has 0 fully saturated rings. The fourth-order valence-corrected chi connectivity index (χ4v) is 1.85. The molecule has 1 unspecified atom stereocenters. The Kier molecular flexibility index (Phi) is 6.52. The second kappa shape index (κ2) is 7.91. The van der Waals surface area contributed by atoms with E-state index in [0.717, 1.165) is 10.0 Å². The molecule has 0 radical (unpaired) electrons. The van der Waals surface area contributed by atoms with E-state index >= 15 is 0 Å². The second-order valence-electron chi connectivity index (χ2n) is 3.88. The number of nitrogens with two attached hydrogens (primary N) is 1. The van der Waals surface area contributed by atoms with Gasteiger partial charge in [0.1, 0.15) is 0 Å². The van der Waals surface area contributed by atoms with E-state index in [9.17, 15) is 9.59 Å². The summed E-state index contributed by atoms with van der Waals surface area (Å²) in [7, 11) is 0. The van der Waals surface area contributed by atoms with Crippen molar-refractivity contribution in [2.75, 3.05) is 13.2 Å². The Morgan fingerprint density at radius 3 is 2.53 bits per heavy atom. The summed E-state index contributed by atoms with van der Waals surface area (Å²) < 4.78 is 5.83. The fraction of sp³-hybridized carbons (Fsp3) is 0.385. The highest BCUT2D eigenvalue weighted by Crippen LogP contribution is 2.20. The number of hydrogen-bond acceptors (Lipinski definition) is 4. The molecule has 1 aromatic rings. The zero-order valence-corrected chi connectivity index (χ0v) is 12.3. The lowest BCUT2D eigenvalue weighted by Gasteiger charge is -2.18. The average molecular weight is 329 g/mol. The first-order chi connectivity index (χ1) is 9.06. The van der Waals surface area contributed by atoms with Gasteiger partial charge >= 0.3 is 5.97 Å². The van der Waals surface area contributed by atoms with Crippen molar-refractivity contribution in [2.45, 2.75) is 19.4 Å². The number of ether oxygens (including phenoxy) is 1. The van der Waals surface area contributed by atoms with E-state index in [2.05, 4.69) is 21.2 Å². The molecule has 1 aromatic carbocycles. The summed E-state index contributed by atoms with van der Waals surface area (Å²) in [6.45, 7) is 1.94. The minimum absolute atomic E-state index is 0.0845. The number of carbonyl (C=O) groups is 2. The third-order valence-corrected chi connectivity index (χ3v) is 3.00. The van der Waals surface area contributed by atoms with E-state index in [1.807, 2.05) is 24.3 Å². The molecule has 1 amide bonds. The summed E-state index contributed by atoms with van der Waals surface area (Å²) in [4.78, 5) is 23.0. The van der Waals surface area contributed by atoms with Crippen LogP contribution < -0.4 is 11.1 Å². The molecule has 0 saturated heterocycles. The Morgan fingerprint density at radius 2 is 2.00 bits per heavy atom. The molecule has 0 aliphatic rings. The van der Waals surface area contributed by atoms with Gasteiger partial charge < -0.3 is 15.8 Å². The molecule has 0 aliphatic carbocycles. The number of benzene rings is 1. The molecule has 3 N–H and O–H groups in total. The van der Waals surface area contributed by atoms with Crippen LogP contribution in [0, 0.1) is 0 Å². The highest BCUT2D eigenvalue weighted by molar-refractivity contribution is 9.10. The van der Waals surface area contributed by atoms with E-state index in [-0.39, 0.29) is 24.8 Å². The van der Waals surface area contributed by atoms with Crippen molar-refractivity contribution in [3.8, 4) is 0 Å². The predicted molar refractivity (Wildman–Crippen MR) is 75.3 cm³/mol. The molecule has 6 heteroatoms. The molecule has 104 valence electrons. The van der Waals surface area contributed by atoms with Gasteiger partial charge in [0.05, 0.1) is 25.6 Å². The third-order valence-electron chi connectivity index (χ3n) is 2.47. The van der Waals surface area contributed by atoms with Crippen LogP contribution in [-0.4, -0.2) is 25.0 Å². The van der Waals surface area contributed by atoms with E-state index in [0.29, 0.717) is 6.61 Å². The van der Waals surface area contributed by atoms with Crippen molar-refractivity contribution in [3.63, 3.8) is 0 Å². The standard InChI is InChI=1S/C13H17BrN2O3/c1-2-19-13(18)7-11(16-12(17)8-15)9-3-5-10(14)6-4-9/h3-6,11H,2,7-8,15H2,1H3,(H,16,17). The lowest BCUT2D eigenvalue weighted by atomic mass is 10.0. The maximum Gasteiger partial charge on any atom is 0.308 e. The molecule has 0 aliphatic heterocycles. The van der Waals surface area contributed by atoms with Crippen LogP contribution >= 0.6 is 15.9 Å². The van der Waals surface area contributed by atoms with Gasteiger partial charge in [-0.2, -0.15) is 0 Å². The largest absolute Gasteiger partial charge is 0.466 e. The SMILES string of the molecule is CCOC(=O)CC(NC(=O)CN)c1ccc(Br)cc1. The molecular weight excluding hydrogens is 312 g/mol. The highest BCUT2D eigenvalue weighted by Gasteiger charge is 2.18. The Hall–Kier alpha value is -1.40. The van der Waals surface area contributed by atoms with Crippen LogP contribution in [0.15, 0.2) is 28.7 Å². The summed E-state index contributed by atoms with van der Waals surface area (Å²) in [6, 6.07) is 6.95. The van der Waals surface area contributed by atoms with Crippen LogP contribution in [0.1, 0.15) is 24.9 Å². The molecular formula is C13H17BrN2O3. The zero-order chi connectivity index (χ0) is 14.3. The topological polar surface area (TPSA) is 81.4 Å². The number of nitrogens with one attached hydrogen (secondary N) is 1. The van der Waals surface area contributed by atoms with Gasteiger partial charge in [0.25, 0.3) is 0 Å². The van der Waals surface area contributed by atoms with E-state index in [1.165, 1.54) is 0 Å². The Balaban J connectivity index is 2.82. The molecule has 19 heavy (non-hydrogen) atoms. The Labute approximate surface area is 120 Å². The molecule has 1 atom stereocenters. The first-order valence-electron chi connectivity index (χ1n) is 5.97. The second-order valence-corrected chi connectivity index (χ2v) is 4.80. The van der Waals surface area contributed by atoms with Gasteiger partial charge in [0.2, 0.25) is 5.91 Å². The van der Waals surface area contributed by atoms with E-state index in [1.54, 1.807) is 6.92 Å². The molecule has 0 heterocycles. The van der Waals surface area contributed by atoms with Gasteiger partial charge in [0.15, 0.2) is 0 Å². The maximum atomic E-state index is 11.5. The summed E-state index contributed by atoms with van der Waals surface area (Å²) in [5.41, 5.74) is 6.11. The number of carbonyl (C=O) groups excluding carboxylic acids is 2. The lowest BCUT2D eigenvalue weighted by Crippen LogP contribution is -2.35. The zero-order valence-electron chi connectivity index (χ0n) is 10.7. The Morgan fingerprint density at radius 1 is 1.37 bits per heavy atom. The molecule has 0 saturated carbocycles. The van der Waals surface area contributed by atoms with Crippen molar-refractivity contribution < 1.29 is 14.3 Å². The smallest absolute Gasteiger partial charge is 0.308 e. The van der Waals surface area contributed by atoms with Gasteiger partial charge in [-0.25, -0.2) is 0 Å². The van der Waals surface area contributed by atoms with Gasteiger partial charge in [0, 0.05) is 4.47 Å². The van der Waals surface area contributed by atoms with Gasteiger partial charge in [-0.3, -0.25) is 9.59 Å². The lowest BCUT2D eigenvalue weighted by molar-refractivity contribution is -0.143. The number of rotatable bonds is 6. The number of hydrogen-bond donors (Lipinski definition) is 2. The number of esters is 1. The van der Waals surface area contributed by atoms with Gasteiger partial charge in [-0.05, 0) is 24.6 Å². The molecule has 5 nitrogen and oxygen atoms in total. The van der Waals surface area contributed by atoms with Crippen LogP contribution in [0.4, 0.5) is 0 Å². The van der Waals surface area contributed by atoms with E-state index in [4.69, 9.17) is 10.5 Å². The first kappa shape index (κ1) is 15.7. The van der Waals surface area contributed by atoms with E-state index < -0.39 is 6.04 Å².